The van der Waals surface area contributed by atoms with Gasteiger partial charge in [-0.15, -0.1) is 0 Å². The molecule has 1 amide bonds. The van der Waals surface area contributed by atoms with Crippen molar-refractivity contribution in [2.45, 2.75) is 39.2 Å². The van der Waals surface area contributed by atoms with Gasteiger partial charge in [-0.1, -0.05) is 25.1 Å². The van der Waals surface area contributed by atoms with Gasteiger partial charge in [0.1, 0.15) is 17.9 Å². The van der Waals surface area contributed by atoms with E-state index in [2.05, 4.69) is 27.4 Å². The Kier molecular flexibility index (Phi) is 7.01. The lowest BCUT2D eigenvalue weighted by atomic mass is 10.2. The Labute approximate surface area is 142 Å². The summed E-state index contributed by atoms with van der Waals surface area (Å²) in [7, 11) is 0. The van der Waals surface area contributed by atoms with Gasteiger partial charge in [0.05, 0.1) is 6.10 Å². The molecule has 128 valence electrons. The van der Waals surface area contributed by atoms with Crippen LogP contribution in [0.3, 0.4) is 0 Å². The first kappa shape index (κ1) is 17.7. The van der Waals surface area contributed by atoms with Crippen LogP contribution in [0.1, 0.15) is 38.1 Å². The molecule has 0 aliphatic heterocycles. The number of ether oxygens (including phenoxy) is 1. The average molecular weight is 328 g/mol. The summed E-state index contributed by atoms with van der Waals surface area (Å²) in [6, 6.07) is 7.71. The number of carbonyl (C=O) groups is 1. The Bertz CT molecular complexity index is 653. The normalized spacial score (nSPS) is 12.2. The molecule has 0 saturated carbocycles. The number of hydrogen-bond donors (Lipinski definition) is 2. The van der Waals surface area contributed by atoms with Gasteiger partial charge in [-0.25, -0.2) is 4.98 Å². The van der Waals surface area contributed by atoms with Gasteiger partial charge in [0, 0.05) is 24.6 Å². The van der Waals surface area contributed by atoms with Gasteiger partial charge in [0.2, 0.25) is 5.91 Å². The van der Waals surface area contributed by atoms with Gasteiger partial charge in [-0.3, -0.25) is 9.89 Å². The number of hydrogen-bond acceptors (Lipinski definition) is 4. The van der Waals surface area contributed by atoms with Crippen LogP contribution in [0.5, 0.6) is 5.75 Å². The smallest absolute Gasteiger partial charge is 0.244 e. The molecule has 0 unspecified atom stereocenters. The fraction of sp³-hybridized carbons (Fsp3) is 0.389. The minimum Gasteiger partial charge on any atom is -0.490 e. The molecule has 2 rings (SSSR count). The third-order valence-corrected chi connectivity index (χ3v) is 3.59. The van der Waals surface area contributed by atoms with Crippen molar-refractivity contribution >= 4 is 12.0 Å². The Morgan fingerprint density at radius 3 is 3.00 bits per heavy atom. The number of carbonyl (C=O) groups excluding carboxylic acids is 1. The Hall–Kier alpha value is -2.63. The van der Waals surface area contributed by atoms with Crippen molar-refractivity contribution in [3.05, 3.63) is 48.1 Å². The average Bonchev–Trinajstić information content (AvgIpc) is 3.11. The zero-order valence-corrected chi connectivity index (χ0v) is 14.2. The SMILES string of the molecule is CC[C@@H](C)Oc1ccccc1/C=C\C(=O)NCCCc1ncn[nH]1. The van der Waals surface area contributed by atoms with E-state index >= 15 is 0 Å². The van der Waals surface area contributed by atoms with Crippen molar-refractivity contribution in [3.63, 3.8) is 0 Å². The van der Waals surface area contributed by atoms with E-state index in [4.69, 9.17) is 4.74 Å². The predicted octanol–water partition coefficient (Wildman–Crippen LogP) is 2.74. The van der Waals surface area contributed by atoms with Crippen molar-refractivity contribution < 1.29 is 9.53 Å². The van der Waals surface area contributed by atoms with E-state index in [0.717, 1.165) is 36.4 Å². The lowest BCUT2D eigenvalue weighted by molar-refractivity contribution is -0.116. The van der Waals surface area contributed by atoms with Gasteiger partial charge in [0.25, 0.3) is 0 Å². The van der Waals surface area contributed by atoms with Gasteiger partial charge >= 0.3 is 0 Å². The van der Waals surface area contributed by atoms with E-state index in [1.807, 2.05) is 31.2 Å². The number of aromatic nitrogens is 3. The van der Waals surface area contributed by atoms with Crippen molar-refractivity contribution in [1.82, 2.24) is 20.5 Å². The molecular formula is C18H24N4O2. The molecule has 0 spiro atoms. The van der Waals surface area contributed by atoms with Crippen LogP contribution in [0.4, 0.5) is 0 Å². The highest BCUT2D eigenvalue weighted by Gasteiger charge is 2.05. The molecule has 0 bridgehead atoms. The number of para-hydroxylation sites is 1. The number of amides is 1. The maximum absolute atomic E-state index is 11.9. The minimum absolute atomic E-state index is 0.120. The molecule has 6 nitrogen and oxygen atoms in total. The van der Waals surface area contributed by atoms with Gasteiger partial charge in [0.15, 0.2) is 0 Å². The topological polar surface area (TPSA) is 79.9 Å². The molecular weight excluding hydrogens is 304 g/mol. The summed E-state index contributed by atoms with van der Waals surface area (Å²) in [5.41, 5.74) is 0.898. The maximum Gasteiger partial charge on any atom is 0.244 e. The molecule has 1 atom stereocenters. The highest BCUT2D eigenvalue weighted by atomic mass is 16.5. The molecule has 2 N–H and O–H groups in total. The molecule has 24 heavy (non-hydrogen) atoms. The van der Waals surface area contributed by atoms with Gasteiger partial charge in [-0.2, -0.15) is 5.10 Å². The van der Waals surface area contributed by atoms with Gasteiger partial charge in [-0.05, 0) is 31.9 Å². The summed E-state index contributed by atoms with van der Waals surface area (Å²) in [6.07, 6.45) is 7.44. The summed E-state index contributed by atoms with van der Waals surface area (Å²) in [5, 5.41) is 9.44. The van der Waals surface area contributed by atoms with E-state index < -0.39 is 0 Å². The number of aromatic amines is 1. The largest absolute Gasteiger partial charge is 0.490 e. The highest BCUT2D eigenvalue weighted by molar-refractivity contribution is 5.92. The van der Waals surface area contributed by atoms with E-state index in [0.29, 0.717) is 6.54 Å². The molecule has 1 aromatic heterocycles. The zero-order chi connectivity index (χ0) is 17.2. The van der Waals surface area contributed by atoms with Crippen LogP contribution in [0, 0.1) is 0 Å². The molecule has 0 saturated heterocycles. The van der Waals surface area contributed by atoms with Crippen LogP contribution in [0.2, 0.25) is 0 Å². The van der Waals surface area contributed by atoms with Crippen molar-refractivity contribution in [1.29, 1.82) is 0 Å². The second-order valence-electron chi connectivity index (χ2n) is 5.53. The first-order valence-corrected chi connectivity index (χ1v) is 8.25. The van der Waals surface area contributed by atoms with Crippen LogP contribution < -0.4 is 10.1 Å². The monoisotopic (exact) mass is 328 g/mol. The molecule has 0 aliphatic carbocycles. The minimum atomic E-state index is -0.120. The van der Waals surface area contributed by atoms with E-state index in [1.165, 1.54) is 12.4 Å². The summed E-state index contributed by atoms with van der Waals surface area (Å²) >= 11 is 0. The second kappa shape index (κ2) is 9.50. The Morgan fingerprint density at radius 2 is 2.25 bits per heavy atom. The highest BCUT2D eigenvalue weighted by Crippen LogP contribution is 2.21. The van der Waals surface area contributed by atoms with Crippen LogP contribution in [-0.4, -0.2) is 33.7 Å². The van der Waals surface area contributed by atoms with Crippen LogP contribution in [-0.2, 0) is 11.2 Å². The van der Waals surface area contributed by atoms with Crippen molar-refractivity contribution in [2.24, 2.45) is 0 Å². The van der Waals surface area contributed by atoms with Crippen LogP contribution in [0.15, 0.2) is 36.7 Å². The fourth-order valence-corrected chi connectivity index (χ4v) is 2.07. The molecule has 0 fully saturated rings. The summed E-state index contributed by atoms with van der Waals surface area (Å²) in [4.78, 5) is 15.9. The molecule has 1 heterocycles. The number of benzene rings is 1. The standard InChI is InChI=1S/C18H24N4O2/c1-3-14(2)24-16-8-5-4-7-15(16)10-11-18(23)19-12-6-9-17-20-13-21-22-17/h4-5,7-8,10-11,13-14H,3,6,9,12H2,1-2H3,(H,19,23)(H,20,21,22)/b11-10-/t14-/m1/s1. The molecule has 1 aromatic carbocycles. The summed E-state index contributed by atoms with van der Waals surface area (Å²) in [5.74, 6) is 1.50. The van der Waals surface area contributed by atoms with Crippen LogP contribution in [0.25, 0.3) is 6.08 Å². The Balaban J connectivity index is 1.80. The van der Waals surface area contributed by atoms with Crippen molar-refractivity contribution in [2.75, 3.05) is 6.54 Å². The third-order valence-electron chi connectivity index (χ3n) is 3.59. The fourth-order valence-electron chi connectivity index (χ4n) is 2.07. The summed E-state index contributed by atoms with van der Waals surface area (Å²) < 4.78 is 5.87. The number of nitrogens with one attached hydrogen (secondary N) is 2. The molecule has 0 radical (unpaired) electrons. The zero-order valence-electron chi connectivity index (χ0n) is 14.2. The predicted molar refractivity (Wildman–Crippen MR) is 93.6 cm³/mol. The van der Waals surface area contributed by atoms with Crippen LogP contribution >= 0.6 is 0 Å². The molecule has 6 heteroatoms. The van der Waals surface area contributed by atoms with Crippen molar-refractivity contribution in [3.8, 4) is 5.75 Å². The first-order chi connectivity index (χ1) is 11.7. The lowest BCUT2D eigenvalue weighted by Gasteiger charge is -2.14. The lowest BCUT2D eigenvalue weighted by Crippen LogP contribution is -2.22. The van der Waals surface area contributed by atoms with E-state index in [9.17, 15) is 4.79 Å². The quantitative estimate of drug-likeness (QED) is 0.548. The summed E-state index contributed by atoms with van der Waals surface area (Å²) in [6.45, 7) is 4.70. The number of aryl methyl sites for hydroxylation is 1. The number of nitrogens with zero attached hydrogens (tertiary/aromatic N) is 2. The second-order valence-corrected chi connectivity index (χ2v) is 5.53. The first-order valence-electron chi connectivity index (χ1n) is 8.25. The molecule has 0 aliphatic rings. The van der Waals surface area contributed by atoms with E-state index in [1.54, 1.807) is 6.08 Å². The molecule has 2 aromatic rings. The number of H-pyrrole nitrogens is 1. The number of rotatable bonds is 9. The third kappa shape index (κ3) is 5.87. The van der Waals surface area contributed by atoms with Gasteiger partial charge < -0.3 is 10.1 Å². The van der Waals surface area contributed by atoms with E-state index in [-0.39, 0.29) is 12.0 Å². The Morgan fingerprint density at radius 1 is 1.42 bits per heavy atom. The maximum atomic E-state index is 11.9.